The highest BCUT2D eigenvalue weighted by molar-refractivity contribution is 7.93. The first-order chi connectivity index (χ1) is 11.0. The topological polar surface area (TPSA) is 54.5 Å². The van der Waals surface area contributed by atoms with Gasteiger partial charge in [-0.2, -0.15) is 0 Å². The number of benzene rings is 2. The Morgan fingerprint density at radius 2 is 1.78 bits per heavy atom. The molecule has 23 heavy (non-hydrogen) atoms. The van der Waals surface area contributed by atoms with Gasteiger partial charge >= 0.3 is 0 Å². The fourth-order valence-corrected chi connectivity index (χ4v) is 5.11. The number of rotatable bonds is 3. The predicted molar refractivity (Wildman–Crippen MR) is 89.2 cm³/mol. The lowest BCUT2D eigenvalue weighted by molar-refractivity contribution is -0.133. The molecule has 1 atom stereocenters. The molecule has 5 heteroatoms. The van der Waals surface area contributed by atoms with Gasteiger partial charge in [-0.3, -0.25) is 4.79 Å². The molecule has 4 rings (SSSR count). The van der Waals surface area contributed by atoms with E-state index in [9.17, 15) is 13.2 Å². The van der Waals surface area contributed by atoms with E-state index in [1.165, 1.54) is 18.1 Å². The first kappa shape index (κ1) is 14.7. The van der Waals surface area contributed by atoms with Crippen LogP contribution in [0.2, 0.25) is 0 Å². The van der Waals surface area contributed by atoms with E-state index < -0.39 is 15.1 Å². The smallest absolute Gasteiger partial charge is 0.241 e. The Labute approximate surface area is 136 Å². The molecule has 2 aromatic rings. The number of amides is 1. The summed E-state index contributed by atoms with van der Waals surface area (Å²) in [6.45, 7) is 2.85. The molecule has 0 saturated carbocycles. The van der Waals surface area contributed by atoms with Crippen LogP contribution in [0.15, 0.2) is 35.2 Å². The van der Waals surface area contributed by atoms with Gasteiger partial charge in [-0.25, -0.2) is 8.42 Å². The van der Waals surface area contributed by atoms with Gasteiger partial charge in [0.2, 0.25) is 5.91 Å². The summed E-state index contributed by atoms with van der Waals surface area (Å²) in [5.74, 6) is -0.278. The van der Waals surface area contributed by atoms with Gasteiger partial charge in [0.15, 0.2) is 9.84 Å². The van der Waals surface area contributed by atoms with Crippen LogP contribution in [0, 0.1) is 0 Å². The summed E-state index contributed by atoms with van der Waals surface area (Å²) in [5, 5.41) is 0.805. The van der Waals surface area contributed by atoms with Crippen LogP contribution in [0.4, 0.5) is 0 Å². The molecule has 1 aliphatic heterocycles. The standard InChI is InChI=1S/C18H19NO3S/c1-12(18(20)19-10-3-11-19)23(21,22)16-9-8-14-7-6-13-4-2-5-15(16)17(13)14/h2,4-5,8-9,12H,3,6-7,10-11H2,1H3. The zero-order valence-corrected chi connectivity index (χ0v) is 13.9. The fourth-order valence-electron chi connectivity index (χ4n) is 3.59. The SMILES string of the molecule is CC(C(=O)N1CCC1)S(=O)(=O)c1ccc2c3c(cccc13)CC2. The second-order valence-corrected chi connectivity index (χ2v) is 8.67. The number of aryl methyl sites for hydroxylation is 2. The molecule has 0 spiro atoms. The summed E-state index contributed by atoms with van der Waals surface area (Å²) in [6.07, 6.45) is 2.87. The van der Waals surface area contributed by atoms with Gasteiger partial charge < -0.3 is 4.90 Å². The maximum Gasteiger partial charge on any atom is 0.241 e. The number of hydrogen-bond donors (Lipinski definition) is 0. The van der Waals surface area contributed by atoms with Crippen molar-refractivity contribution in [1.82, 2.24) is 4.90 Å². The van der Waals surface area contributed by atoms with Crippen molar-refractivity contribution in [3.05, 3.63) is 41.5 Å². The van der Waals surface area contributed by atoms with Gasteiger partial charge in [0, 0.05) is 18.5 Å². The predicted octanol–water partition coefficient (Wildman–Crippen LogP) is 2.33. The Hall–Kier alpha value is -1.88. The van der Waals surface area contributed by atoms with E-state index in [-0.39, 0.29) is 5.91 Å². The molecule has 0 bridgehead atoms. The van der Waals surface area contributed by atoms with Crippen molar-refractivity contribution in [2.45, 2.75) is 36.3 Å². The molecular formula is C18H19NO3S. The lowest BCUT2D eigenvalue weighted by atomic mass is 10.1. The molecule has 2 aromatic carbocycles. The number of hydrogen-bond acceptors (Lipinski definition) is 3. The highest BCUT2D eigenvalue weighted by atomic mass is 32.2. The number of carbonyl (C=O) groups excluding carboxylic acids is 1. The Balaban J connectivity index is 1.84. The van der Waals surface area contributed by atoms with E-state index in [0.29, 0.717) is 18.0 Å². The molecule has 1 saturated heterocycles. The number of carbonyl (C=O) groups is 1. The molecule has 0 aromatic heterocycles. The lowest BCUT2D eigenvalue weighted by Crippen LogP contribution is -2.48. The Morgan fingerprint density at radius 1 is 1.09 bits per heavy atom. The van der Waals surface area contributed by atoms with Gasteiger partial charge in [-0.05, 0) is 48.8 Å². The monoisotopic (exact) mass is 329 g/mol. The van der Waals surface area contributed by atoms with E-state index in [4.69, 9.17) is 0 Å². The minimum Gasteiger partial charge on any atom is -0.341 e. The Kier molecular flexibility index (Phi) is 3.23. The second kappa shape index (κ2) is 5.06. The zero-order chi connectivity index (χ0) is 16.2. The summed E-state index contributed by atoms with van der Waals surface area (Å²) in [6, 6.07) is 9.42. The average molecular weight is 329 g/mol. The maximum atomic E-state index is 13.0. The molecular weight excluding hydrogens is 310 g/mol. The van der Waals surface area contributed by atoms with Crippen LogP contribution < -0.4 is 0 Å². The molecule has 4 nitrogen and oxygen atoms in total. The van der Waals surface area contributed by atoms with Crippen LogP contribution >= 0.6 is 0 Å². The molecule has 0 radical (unpaired) electrons. The van der Waals surface area contributed by atoms with E-state index in [0.717, 1.165) is 30.0 Å². The van der Waals surface area contributed by atoms with Crippen molar-refractivity contribution in [2.75, 3.05) is 13.1 Å². The van der Waals surface area contributed by atoms with Gasteiger partial charge in [0.25, 0.3) is 0 Å². The molecule has 1 aliphatic carbocycles. The van der Waals surface area contributed by atoms with Crippen molar-refractivity contribution < 1.29 is 13.2 Å². The van der Waals surface area contributed by atoms with Crippen molar-refractivity contribution in [2.24, 2.45) is 0 Å². The first-order valence-corrected chi connectivity index (χ1v) is 9.61. The van der Waals surface area contributed by atoms with E-state index >= 15 is 0 Å². The van der Waals surface area contributed by atoms with Crippen molar-refractivity contribution in [3.8, 4) is 0 Å². The van der Waals surface area contributed by atoms with E-state index in [2.05, 4.69) is 6.07 Å². The first-order valence-electron chi connectivity index (χ1n) is 8.06. The van der Waals surface area contributed by atoms with Crippen LogP contribution in [0.25, 0.3) is 10.8 Å². The molecule has 0 N–H and O–H groups in total. The molecule has 2 aliphatic rings. The maximum absolute atomic E-state index is 13.0. The third-order valence-corrected chi connectivity index (χ3v) is 7.23. The zero-order valence-electron chi connectivity index (χ0n) is 13.1. The minimum atomic E-state index is -3.68. The highest BCUT2D eigenvalue weighted by Crippen LogP contribution is 2.35. The summed E-state index contributed by atoms with van der Waals surface area (Å²) in [5.41, 5.74) is 2.41. The minimum absolute atomic E-state index is 0.278. The van der Waals surface area contributed by atoms with Gasteiger partial charge in [-0.15, -0.1) is 0 Å². The third-order valence-electron chi connectivity index (χ3n) is 5.12. The van der Waals surface area contributed by atoms with Crippen molar-refractivity contribution in [1.29, 1.82) is 0 Å². The van der Waals surface area contributed by atoms with Crippen LogP contribution in [-0.2, 0) is 27.5 Å². The summed E-state index contributed by atoms with van der Waals surface area (Å²) in [7, 11) is -3.68. The molecule has 1 fully saturated rings. The van der Waals surface area contributed by atoms with Crippen LogP contribution in [0.1, 0.15) is 24.5 Å². The van der Waals surface area contributed by atoms with Gasteiger partial charge in [0.1, 0.15) is 5.25 Å². The fraction of sp³-hybridized carbons (Fsp3) is 0.389. The van der Waals surface area contributed by atoms with Crippen LogP contribution in [0.3, 0.4) is 0 Å². The van der Waals surface area contributed by atoms with Crippen molar-refractivity contribution >= 4 is 26.5 Å². The molecule has 1 unspecified atom stereocenters. The average Bonchev–Trinajstić information content (AvgIpc) is 2.90. The Morgan fingerprint density at radius 3 is 2.43 bits per heavy atom. The molecule has 120 valence electrons. The van der Waals surface area contributed by atoms with Gasteiger partial charge in [0.05, 0.1) is 4.90 Å². The second-order valence-electron chi connectivity index (χ2n) is 6.43. The molecule has 1 amide bonds. The molecule has 1 heterocycles. The largest absolute Gasteiger partial charge is 0.341 e. The lowest BCUT2D eigenvalue weighted by Gasteiger charge is -2.33. The van der Waals surface area contributed by atoms with E-state index in [1.807, 2.05) is 18.2 Å². The summed E-state index contributed by atoms with van der Waals surface area (Å²) in [4.78, 5) is 14.3. The van der Waals surface area contributed by atoms with Crippen molar-refractivity contribution in [3.63, 3.8) is 0 Å². The van der Waals surface area contributed by atoms with Gasteiger partial charge in [-0.1, -0.05) is 24.3 Å². The number of likely N-dealkylation sites (tertiary alicyclic amines) is 1. The summed E-state index contributed by atoms with van der Waals surface area (Å²) < 4.78 is 26.1. The quantitative estimate of drug-likeness (QED) is 0.868. The Bertz CT molecular complexity index is 903. The van der Waals surface area contributed by atoms with E-state index in [1.54, 1.807) is 11.0 Å². The van der Waals surface area contributed by atoms with Crippen LogP contribution in [0.5, 0.6) is 0 Å². The van der Waals surface area contributed by atoms with Crippen LogP contribution in [-0.4, -0.2) is 37.6 Å². The number of sulfone groups is 1. The normalized spacial score (nSPS) is 18.0. The highest BCUT2D eigenvalue weighted by Gasteiger charge is 2.36. The third kappa shape index (κ3) is 2.10. The number of nitrogens with zero attached hydrogens (tertiary/aromatic N) is 1. The summed E-state index contributed by atoms with van der Waals surface area (Å²) >= 11 is 0.